The lowest BCUT2D eigenvalue weighted by Crippen LogP contribution is -2.35. The van der Waals surface area contributed by atoms with Crippen molar-refractivity contribution < 1.29 is 9.90 Å². The van der Waals surface area contributed by atoms with E-state index in [1.165, 1.54) is 0 Å². The molecule has 1 unspecified atom stereocenters. The first-order valence-corrected chi connectivity index (χ1v) is 8.06. The van der Waals surface area contributed by atoms with Crippen LogP contribution >= 0.6 is 0 Å². The number of H-pyrrole nitrogens is 1. The maximum atomic E-state index is 12.7. The number of hydrogen-bond acceptors (Lipinski definition) is 4. The standard InChI is InChI=1S/C16H22N4O3/c1-3-10(6-7-21)17-15(22)11-8-12(9-4-5-9)18-14-13(11)16(23)19-20(14)2/h8-10,21H,3-7H2,1-2H3,(H,17,22)(H,19,23). The number of aliphatic hydroxyl groups excluding tert-OH is 1. The van der Waals surface area contributed by atoms with Crippen molar-refractivity contribution in [3.05, 3.63) is 27.7 Å². The maximum absolute atomic E-state index is 12.7. The van der Waals surface area contributed by atoms with Gasteiger partial charge in [-0.1, -0.05) is 6.92 Å². The number of aryl methyl sites for hydroxylation is 1. The molecule has 23 heavy (non-hydrogen) atoms. The second-order valence-electron chi connectivity index (χ2n) is 6.16. The summed E-state index contributed by atoms with van der Waals surface area (Å²) < 4.78 is 1.56. The predicted octanol–water partition coefficient (Wildman–Crippen LogP) is 1.03. The van der Waals surface area contributed by atoms with E-state index in [-0.39, 0.29) is 24.1 Å². The Bertz CT molecular complexity index is 788. The number of pyridine rings is 1. The van der Waals surface area contributed by atoms with Gasteiger partial charge in [0.25, 0.3) is 11.5 Å². The molecule has 0 spiro atoms. The number of aromatic amines is 1. The number of nitrogens with zero attached hydrogens (tertiary/aromatic N) is 2. The molecule has 0 bridgehead atoms. The Kier molecular flexibility index (Phi) is 4.21. The quantitative estimate of drug-likeness (QED) is 0.740. The lowest BCUT2D eigenvalue weighted by molar-refractivity contribution is 0.0930. The Morgan fingerprint density at radius 2 is 2.30 bits per heavy atom. The van der Waals surface area contributed by atoms with E-state index < -0.39 is 0 Å². The van der Waals surface area contributed by atoms with Crippen molar-refractivity contribution in [2.24, 2.45) is 7.05 Å². The number of carbonyl (C=O) groups excluding carboxylic acids is 1. The monoisotopic (exact) mass is 318 g/mol. The summed E-state index contributed by atoms with van der Waals surface area (Å²) >= 11 is 0. The number of amides is 1. The molecule has 1 aliphatic carbocycles. The van der Waals surface area contributed by atoms with Crippen LogP contribution in [0.3, 0.4) is 0 Å². The highest BCUT2D eigenvalue weighted by Crippen LogP contribution is 2.39. The summed E-state index contributed by atoms with van der Waals surface area (Å²) in [6.07, 6.45) is 3.36. The molecule has 2 aromatic rings. The number of carbonyl (C=O) groups is 1. The Labute approximate surface area is 133 Å². The zero-order valence-electron chi connectivity index (χ0n) is 13.4. The van der Waals surface area contributed by atoms with Crippen molar-refractivity contribution in [3.8, 4) is 0 Å². The number of fused-ring (bicyclic) bond motifs is 1. The van der Waals surface area contributed by atoms with E-state index in [9.17, 15) is 9.59 Å². The largest absolute Gasteiger partial charge is 0.396 e. The molecule has 1 fully saturated rings. The van der Waals surface area contributed by atoms with Crippen LogP contribution in [-0.4, -0.2) is 38.4 Å². The van der Waals surface area contributed by atoms with Gasteiger partial charge in [-0.2, -0.15) is 0 Å². The fraction of sp³-hybridized carbons (Fsp3) is 0.562. The van der Waals surface area contributed by atoms with E-state index >= 15 is 0 Å². The van der Waals surface area contributed by atoms with Gasteiger partial charge in [0.2, 0.25) is 0 Å². The van der Waals surface area contributed by atoms with Crippen LogP contribution in [0.25, 0.3) is 11.0 Å². The Hall–Kier alpha value is -2.15. The molecule has 7 nitrogen and oxygen atoms in total. The van der Waals surface area contributed by atoms with Crippen LogP contribution in [-0.2, 0) is 7.05 Å². The molecule has 3 rings (SSSR count). The molecule has 3 N–H and O–H groups in total. The van der Waals surface area contributed by atoms with Crippen LogP contribution < -0.4 is 10.9 Å². The third-order valence-corrected chi connectivity index (χ3v) is 4.38. The fourth-order valence-electron chi connectivity index (χ4n) is 2.84. The summed E-state index contributed by atoms with van der Waals surface area (Å²) in [5.74, 6) is 0.103. The number of nitrogens with one attached hydrogen (secondary N) is 2. The average Bonchev–Trinajstić information content (AvgIpc) is 3.33. The van der Waals surface area contributed by atoms with Gasteiger partial charge in [0.05, 0.1) is 10.9 Å². The highest BCUT2D eigenvalue weighted by Gasteiger charge is 2.28. The van der Waals surface area contributed by atoms with Gasteiger partial charge in [-0.05, 0) is 31.7 Å². The van der Waals surface area contributed by atoms with Crippen molar-refractivity contribution in [2.45, 2.75) is 44.6 Å². The molecular formula is C16H22N4O3. The topological polar surface area (TPSA) is 100 Å². The minimum absolute atomic E-state index is 0.0176. The molecule has 0 aliphatic heterocycles. The zero-order valence-corrected chi connectivity index (χ0v) is 13.4. The van der Waals surface area contributed by atoms with Gasteiger partial charge in [-0.15, -0.1) is 0 Å². The fourth-order valence-corrected chi connectivity index (χ4v) is 2.84. The van der Waals surface area contributed by atoms with Gasteiger partial charge < -0.3 is 10.4 Å². The molecule has 1 amide bonds. The van der Waals surface area contributed by atoms with Crippen LogP contribution in [0.5, 0.6) is 0 Å². The van der Waals surface area contributed by atoms with Crippen molar-refractivity contribution in [3.63, 3.8) is 0 Å². The molecule has 1 aliphatic rings. The second-order valence-corrected chi connectivity index (χ2v) is 6.16. The highest BCUT2D eigenvalue weighted by molar-refractivity contribution is 6.05. The number of hydrogen-bond donors (Lipinski definition) is 3. The van der Waals surface area contributed by atoms with E-state index in [1.54, 1.807) is 17.8 Å². The third kappa shape index (κ3) is 3.01. The van der Waals surface area contributed by atoms with Crippen LogP contribution in [0.2, 0.25) is 0 Å². The summed E-state index contributed by atoms with van der Waals surface area (Å²) in [5.41, 5.74) is 1.44. The summed E-state index contributed by atoms with van der Waals surface area (Å²) in [7, 11) is 1.72. The molecule has 0 saturated heterocycles. The van der Waals surface area contributed by atoms with Crippen molar-refractivity contribution in [1.29, 1.82) is 0 Å². The normalized spacial score (nSPS) is 15.8. The van der Waals surface area contributed by atoms with Crippen LogP contribution in [0.4, 0.5) is 0 Å². The maximum Gasteiger partial charge on any atom is 0.274 e. The number of aliphatic hydroxyl groups is 1. The molecule has 0 radical (unpaired) electrons. The summed E-state index contributed by atoms with van der Waals surface area (Å²) in [6, 6.07) is 1.64. The summed E-state index contributed by atoms with van der Waals surface area (Å²) in [6.45, 7) is 1.97. The molecule has 2 aromatic heterocycles. The van der Waals surface area contributed by atoms with Crippen LogP contribution in [0.15, 0.2) is 10.9 Å². The Morgan fingerprint density at radius 1 is 1.57 bits per heavy atom. The molecule has 1 saturated carbocycles. The van der Waals surface area contributed by atoms with Gasteiger partial charge in [-0.3, -0.25) is 19.4 Å². The lowest BCUT2D eigenvalue weighted by atomic mass is 10.1. The smallest absolute Gasteiger partial charge is 0.274 e. The van der Waals surface area contributed by atoms with E-state index in [2.05, 4.69) is 15.4 Å². The highest BCUT2D eigenvalue weighted by atomic mass is 16.3. The first kappa shape index (κ1) is 15.7. The minimum Gasteiger partial charge on any atom is -0.396 e. The lowest BCUT2D eigenvalue weighted by Gasteiger charge is -2.16. The minimum atomic E-state index is -0.308. The number of aromatic nitrogens is 3. The summed E-state index contributed by atoms with van der Waals surface area (Å²) in [5, 5.41) is 15.0. The predicted molar refractivity (Wildman–Crippen MR) is 86.6 cm³/mol. The van der Waals surface area contributed by atoms with Crippen molar-refractivity contribution in [1.82, 2.24) is 20.1 Å². The van der Waals surface area contributed by atoms with E-state index in [1.807, 2.05) is 6.92 Å². The first-order chi connectivity index (χ1) is 11.0. The van der Waals surface area contributed by atoms with Gasteiger partial charge >= 0.3 is 0 Å². The van der Waals surface area contributed by atoms with E-state index in [0.29, 0.717) is 28.9 Å². The van der Waals surface area contributed by atoms with Gasteiger partial charge in [0.1, 0.15) is 0 Å². The SMILES string of the molecule is CCC(CCO)NC(=O)c1cc(C2CC2)nc2c1c(=O)[nH]n2C. The van der Waals surface area contributed by atoms with E-state index in [4.69, 9.17) is 5.11 Å². The van der Waals surface area contributed by atoms with Crippen LogP contribution in [0, 0.1) is 0 Å². The van der Waals surface area contributed by atoms with Crippen molar-refractivity contribution >= 4 is 16.9 Å². The molecule has 7 heteroatoms. The van der Waals surface area contributed by atoms with Gasteiger partial charge in [0.15, 0.2) is 5.65 Å². The third-order valence-electron chi connectivity index (χ3n) is 4.38. The van der Waals surface area contributed by atoms with Gasteiger partial charge in [0, 0.05) is 31.3 Å². The number of rotatable bonds is 6. The molecule has 1 atom stereocenters. The average molecular weight is 318 g/mol. The molecular weight excluding hydrogens is 296 g/mol. The zero-order chi connectivity index (χ0) is 16.6. The second kappa shape index (κ2) is 6.16. The molecule has 2 heterocycles. The van der Waals surface area contributed by atoms with Crippen molar-refractivity contribution in [2.75, 3.05) is 6.61 Å². The van der Waals surface area contributed by atoms with Gasteiger partial charge in [-0.25, -0.2) is 4.98 Å². The molecule has 124 valence electrons. The van der Waals surface area contributed by atoms with E-state index in [0.717, 1.165) is 25.0 Å². The first-order valence-electron chi connectivity index (χ1n) is 8.06. The Morgan fingerprint density at radius 3 is 2.91 bits per heavy atom. The van der Waals surface area contributed by atoms with Crippen LogP contribution in [0.1, 0.15) is 54.6 Å². The Balaban J connectivity index is 2.04. The summed E-state index contributed by atoms with van der Waals surface area (Å²) in [4.78, 5) is 29.4. The molecule has 0 aromatic carbocycles.